The summed E-state index contributed by atoms with van der Waals surface area (Å²) >= 11 is 0. The van der Waals surface area contributed by atoms with Gasteiger partial charge in [0.05, 0.1) is 42.1 Å². The summed E-state index contributed by atoms with van der Waals surface area (Å²) < 4.78 is 11.4. The Morgan fingerprint density at radius 1 is 1.19 bits per heavy atom. The van der Waals surface area contributed by atoms with E-state index in [1.807, 2.05) is 24.3 Å². The van der Waals surface area contributed by atoms with Crippen molar-refractivity contribution in [3.05, 3.63) is 36.0 Å². The van der Waals surface area contributed by atoms with E-state index in [4.69, 9.17) is 9.47 Å². The maximum atomic E-state index is 9.55. The van der Waals surface area contributed by atoms with Crippen molar-refractivity contribution in [2.75, 3.05) is 51.4 Å². The molecule has 2 aliphatic heterocycles. The summed E-state index contributed by atoms with van der Waals surface area (Å²) in [5.74, 6) is 0. The predicted molar refractivity (Wildman–Crippen MR) is 100 cm³/mol. The van der Waals surface area contributed by atoms with Crippen LogP contribution in [0, 0.1) is 11.3 Å². The van der Waals surface area contributed by atoms with Crippen molar-refractivity contribution in [2.45, 2.75) is 18.4 Å². The topological polar surface area (TPSA) is 70.4 Å². The third-order valence-electron chi connectivity index (χ3n) is 5.47. The van der Waals surface area contributed by atoms with E-state index in [2.05, 4.69) is 21.3 Å². The zero-order valence-electron chi connectivity index (χ0n) is 14.9. The largest absolute Gasteiger partial charge is 0.381 e. The summed E-state index contributed by atoms with van der Waals surface area (Å²) in [6, 6.07) is 10.2. The molecule has 3 heterocycles. The van der Waals surface area contributed by atoms with Gasteiger partial charge in [-0.05, 0) is 18.9 Å². The lowest BCUT2D eigenvalue weighted by molar-refractivity contribution is -0.0800. The highest BCUT2D eigenvalue weighted by Gasteiger charge is 2.39. The normalized spacial score (nSPS) is 24.3. The monoisotopic (exact) mass is 352 g/mol. The molecule has 136 valence electrons. The fraction of sp³-hybridized carbons (Fsp3) is 0.500. The molecule has 0 saturated carbocycles. The number of pyridine rings is 1. The molecule has 2 fully saturated rings. The Morgan fingerprint density at radius 2 is 2.04 bits per heavy atom. The van der Waals surface area contributed by atoms with Crippen LogP contribution in [-0.4, -0.2) is 61.5 Å². The molecule has 0 bridgehead atoms. The number of anilines is 1. The SMILES string of the molecule is N#Cc1cnc2ccccc2c1NCC1(N2CCOCC2)CCCOC1. The van der Waals surface area contributed by atoms with E-state index < -0.39 is 0 Å². The molecule has 2 aliphatic rings. The van der Waals surface area contributed by atoms with Gasteiger partial charge in [0.1, 0.15) is 6.07 Å². The van der Waals surface area contributed by atoms with Crippen LogP contribution in [0.5, 0.6) is 0 Å². The van der Waals surface area contributed by atoms with E-state index in [0.717, 1.165) is 68.9 Å². The van der Waals surface area contributed by atoms with Crippen molar-refractivity contribution in [3.63, 3.8) is 0 Å². The van der Waals surface area contributed by atoms with Gasteiger partial charge in [-0.2, -0.15) is 5.26 Å². The maximum Gasteiger partial charge on any atom is 0.103 e. The van der Waals surface area contributed by atoms with Crippen molar-refractivity contribution in [3.8, 4) is 6.07 Å². The molecule has 6 heteroatoms. The van der Waals surface area contributed by atoms with Crippen LogP contribution in [0.25, 0.3) is 10.9 Å². The maximum absolute atomic E-state index is 9.55. The second-order valence-corrected chi connectivity index (χ2v) is 7.01. The number of fused-ring (bicyclic) bond motifs is 1. The molecule has 0 aliphatic carbocycles. The highest BCUT2D eigenvalue weighted by atomic mass is 16.5. The molecule has 1 unspecified atom stereocenters. The van der Waals surface area contributed by atoms with Crippen LogP contribution in [-0.2, 0) is 9.47 Å². The second-order valence-electron chi connectivity index (χ2n) is 7.01. The van der Waals surface area contributed by atoms with Gasteiger partial charge < -0.3 is 14.8 Å². The number of nitriles is 1. The number of morpholine rings is 1. The van der Waals surface area contributed by atoms with Crippen LogP contribution >= 0.6 is 0 Å². The molecular weight excluding hydrogens is 328 g/mol. The third kappa shape index (κ3) is 3.26. The Bertz CT molecular complexity index is 805. The number of hydrogen-bond donors (Lipinski definition) is 1. The van der Waals surface area contributed by atoms with Crippen LogP contribution in [0.4, 0.5) is 5.69 Å². The Hall–Kier alpha value is -2.20. The van der Waals surface area contributed by atoms with Crippen LogP contribution in [0.2, 0.25) is 0 Å². The summed E-state index contributed by atoms with van der Waals surface area (Å²) in [5, 5.41) is 14.1. The molecule has 1 aromatic carbocycles. The first-order valence-corrected chi connectivity index (χ1v) is 9.25. The predicted octanol–water partition coefficient (Wildman–Crippen LogP) is 2.40. The Labute approximate surface area is 153 Å². The average Bonchev–Trinajstić information content (AvgIpc) is 2.73. The second kappa shape index (κ2) is 7.58. The smallest absolute Gasteiger partial charge is 0.103 e. The summed E-state index contributed by atoms with van der Waals surface area (Å²) in [6.07, 6.45) is 3.80. The first-order valence-electron chi connectivity index (χ1n) is 9.25. The molecule has 1 N–H and O–H groups in total. The number of benzene rings is 1. The zero-order valence-corrected chi connectivity index (χ0v) is 14.9. The molecule has 2 saturated heterocycles. The summed E-state index contributed by atoms with van der Waals surface area (Å²) in [4.78, 5) is 6.90. The summed E-state index contributed by atoms with van der Waals surface area (Å²) in [6.45, 7) is 5.67. The van der Waals surface area contributed by atoms with Crippen molar-refractivity contribution in [1.29, 1.82) is 5.26 Å². The molecule has 4 rings (SSSR count). The highest BCUT2D eigenvalue weighted by molar-refractivity contribution is 5.93. The Morgan fingerprint density at radius 3 is 2.81 bits per heavy atom. The number of nitrogens with zero attached hydrogens (tertiary/aromatic N) is 3. The van der Waals surface area contributed by atoms with Crippen LogP contribution < -0.4 is 5.32 Å². The van der Waals surface area contributed by atoms with Gasteiger partial charge >= 0.3 is 0 Å². The lowest BCUT2D eigenvalue weighted by atomic mass is 9.89. The quantitative estimate of drug-likeness (QED) is 0.911. The minimum absolute atomic E-state index is 0.0564. The van der Waals surface area contributed by atoms with Crippen LogP contribution in [0.1, 0.15) is 18.4 Å². The van der Waals surface area contributed by atoms with E-state index in [0.29, 0.717) is 12.2 Å². The van der Waals surface area contributed by atoms with Gasteiger partial charge in [0.2, 0.25) is 0 Å². The van der Waals surface area contributed by atoms with Gasteiger partial charge in [0.15, 0.2) is 0 Å². The Balaban J connectivity index is 1.63. The number of ether oxygens (including phenoxy) is 2. The lowest BCUT2D eigenvalue weighted by Gasteiger charge is -2.47. The Kier molecular flexibility index (Phi) is 5.02. The van der Waals surface area contributed by atoms with E-state index in [-0.39, 0.29) is 5.54 Å². The number of hydrogen-bond acceptors (Lipinski definition) is 6. The minimum atomic E-state index is -0.0564. The fourth-order valence-corrected chi connectivity index (χ4v) is 4.05. The van der Waals surface area contributed by atoms with Crippen LogP contribution in [0.15, 0.2) is 30.5 Å². The molecular formula is C20H24N4O2. The molecule has 26 heavy (non-hydrogen) atoms. The van der Waals surface area contributed by atoms with Crippen molar-refractivity contribution >= 4 is 16.6 Å². The molecule has 0 amide bonds. The van der Waals surface area contributed by atoms with Gasteiger partial charge in [-0.1, -0.05) is 18.2 Å². The minimum Gasteiger partial charge on any atom is -0.381 e. The van der Waals surface area contributed by atoms with Gasteiger partial charge in [0, 0.05) is 37.8 Å². The van der Waals surface area contributed by atoms with E-state index in [9.17, 15) is 5.26 Å². The molecule has 0 radical (unpaired) electrons. The van der Waals surface area contributed by atoms with Gasteiger partial charge in [0.25, 0.3) is 0 Å². The standard InChI is InChI=1S/C20H24N4O2/c21-12-16-13-22-18-5-2-1-4-17(18)19(16)23-14-20(6-3-9-26-15-20)24-7-10-25-11-8-24/h1-2,4-5,13H,3,6-11,14-15H2,(H,22,23). The lowest BCUT2D eigenvalue weighted by Crippen LogP contribution is -2.61. The third-order valence-corrected chi connectivity index (χ3v) is 5.47. The van der Waals surface area contributed by atoms with Gasteiger partial charge in [-0.3, -0.25) is 9.88 Å². The molecule has 1 atom stereocenters. The van der Waals surface area contributed by atoms with E-state index in [1.54, 1.807) is 6.20 Å². The zero-order chi connectivity index (χ0) is 17.8. The number of rotatable bonds is 4. The number of aromatic nitrogens is 1. The molecule has 1 aromatic heterocycles. The van der Waals surface area contributed by atoms with Crippen molar-refractivity contribution in [1.82, 2.24) is 9.88 Å². The average molecular weight is 352 g/mol. The highest BCUT2D eigenvalue weighted by Crippen LogP contribution is 2.31. The van der Waals surface area contributed by atoms with E-state index >= 15 is 0 Å². The van der Waals surface area contributed by atoms with Crippen molar-refractivity contribution < 1.29 is 9.47 Å². The van der Waals surface area contributed by atoms with Crippen LogP contribution in [0.3, 0.4) is 0 Å². The first kappa shape index (κ1) is 17.2. The molecule has 2 aromatic rings. The summed E-state index contributed by atoms with van der Waals surface area (Å²) in [7, 11) is 0. The fourth-order valence-electron chi connectivity index (χ4n) is 4.05. The molecule has 0 spiro atoms. The number of para-hydroxylation sites is 1. The first-order chi connectivity index (χ1) is 12.8. The number of nitrogens with one attached hydrogen (secondary N) is 1. The van der Waals surface area contributed by atoms with Gasteiger partial charge in [-0.15, -0.1) is 0 Å². The van der Waals surface area contributed by atoms with Crippen molar-refractivity contribution in [2.24, 2.45) is 0 Å². The van der Waals surface area contributed by atoms with Gasteiger partial charge in [-0.25, -0.2) is 0 Å². The molecule has 6 nitrogen and oxygen atoms in total. The van der Waals surface area contributed by atoms with E-state index in [1.165, 1.54) is 0 Å². The summed E-state index contributed by atoms with van der Waals surface area (Å²) in [5.41, 5.74) is 2.29.